The smallest absolute Gasteiger partial charge is 0.337 e. The third-order valence-electron chi connectivity index (χ3n) is 2.34. The second-order valence-corrected chi connectivity index (χ2v) is 5.00. The summed E-state index contributed by atoms with van der Waals surface area (Å²) in [6, 6.07) is 8.75. The van der Waals surface area contributed by atoms with Crippen molar-refractivity contribution < 1.29 is 14.6 Å². The second kappa shape index (κ2) is 5.95. The van der Waals surface area contributed by atoms with Crippen LogP contribution in [0.1, 0.15) is 10.4 Å². The average molecular weight is 296 g/mol. The predicted octanol–water partition coefficient (Wildman–Crippen LogP) is 3.59. The Morgan fingerprint density at radius 3 is 2.89 bits per heavy atom. The van der Waals surface area contributed by atoms with Crippen LogP contribution in [0.2, 0.25) is 5.02 Å². The lowest BCUT2D eigenvalue weighted by Gasteiger charge is -2.06. The molecule has 0 spiro atoms. The number of carbonyl (C=O) groups is 1. The third-order valence-corrected chi connectivity index (χ3v) is 3.83. The maximum atomic E-state index is 11.0. The summed E-state index contributed by atoms with van der Waals surface area (Å²) in [7, 11) is 1.58. The van der Waals surface area contributed by atoms with Gasteiger partial charge in [0.05, 0.1) is 17.7 Å². The number of aromatic nitrogens is 1. The number of carboxylic acids is 1. The summed E-state index contributed by atoms with van der Waals surface area (Å²) in [6.07, 6.45) is 1.43. The molecule has 1 N–H and O–H groups in total. The Labute approximate surface area is 119 Å². The van der Waals surface area contributed by atoms with Crippen LogP contribution in [-0.4, -0.2) is 23.2 Å². The number of methoxy groups -OCH3 is 1. The number of halogens is 1. The fourth-order valence-corrected chi connectivity index (χ4v) is 2.60. The predicted molar refractivity (Wildman–Crippen MR) is 73.3 cm³/mol. The van der Waals surface area contributed by atoms with E-state index in [2.05, 4.69) is 4.98 Å². The van der Waals surface area contributed by atoms with Crippen molar-refractivity contribution in [2.45, 2.75) is 9.92 Å². The van der Waals surface area contributed by atoms with E-state index in [9.17, 15) is 4.79 Å². The summed E-state index contributed by atoms with van der Waals surface area (Å²) in [5.41, 5.74) is 0.0436. The van der Waals surface area contributed by atoms with Gasteiger partial charge in [-0.15, -0.1) is 0 Å². The molecule has 0 unspecified atom stereocenters. The summed E-state index contributed by atoms with van der Waals surface area (Å²) >= 11 is 7.32. The van der Waals surface area contributed by atoms with Gasteiger partial charge in [-0.2, -0.15) is 0 Å². The number of ether oxygens (including phenoxy) is 1. The Morgan fingerprint density at radius 2 is 2.21 bits per heavy atom. The lowest BCUT2D eigenvalue weighted by molar-refractivity contribution is 0.0696. The van der Waals surface area contributed by atoms with Crippen LogP contribution in [0.15, 0.2) is 46.5 Å². The van der Waals surface area contributed by atoms with Gasteiger partial charge in [0.25, 0.3) is 0 Å². The van der Waals surface area contributed by atoms with E-state index < -0.39 is 5.97 Å². The van der Waals surface area contributed by atoms with Crippen molar-refractivity contribution in [3.8, 4) is 5.75 Å². The highest BCUT2D eigenvalue weighted by Gasteiger charge is 2.14. The summed E-state index contributed by atoms with van der Waals surface area (Å²) in [6.45, 7) is 0. The van der Waals surface area contributed by atoms with Gasteiger partial charge >= 0.3 is 5.97 Å². The van der Waals surface area contributed by atoms with Gasteiger partial charge in [-0.3, -0.25) is 0 Å². The SMILES string of the molecule is COc1cccc(Sc2nccc(C(=O)O)c2Cl)c1. The van der Waals surface area contributed by atoms with Crippen LogP contribution in [0, 0.1) is 0 Å². The molecule has 0 aliphatic heterocycles. The van der Waals surface area contributed by atoms with Crippen LogP contribution in [0.5, 0.6) is 5.75 Å². The summed E-state index contributed by atoms with van der Waals surface area (Å²) in [5, 5.41) is 9.59. The molecule has 1 aromatic carbocycles. The molecule has 6 heteroatoms. The minimum Gasteiger partial charge on any atom is -0.497 e. The quantitative estimate of drug-likeness (QED) is 0.934. The van der Waals surface area contributed by atoms with Crippen LogP contribution in [0.25, 0.3) is 0 Å². The van der Waals surface area contributed by atoms with E-state index in [1.807, 2.05) is 24.3 Å². The largest absolute Gasteiger partial charge is 0.497 e. The van der Waals surface area contributed by atoms with Gasteiger partial charge in [0.1, 0.15) is 10.8 Å². The van der Waals surface area contributed by atoms with Gasteiger partial charge in [-0.05, 0) is 24.3 Å². The first-order chi connectivity index (χ1) is 9.11. The molecular weight excluding hydrogens is 286 g/mol. The molecule has 98 valence electrons. The molecule has 0 aliphatic rings. The average Bonchev–Trinajstić information content (AvgIpc) is 2.41. The molecular formula is C13H10ClNO3S. The number of aromatic carboxylic acids is 1. The maximum Gasteiger partial charge on any atom is 0.337 e. The Morgan fingerprint density at radius 1 is 1.42 bits per heavy atom. The molecule has 0 fully saturated rings. The summed E-state index contributed by atoms with van der Waals surface area (Å²) in [4.78, 5) is 16.0. The maximum absolute atomic E-state index is 11.0. The van der Waals surface area contributed by atoms with Crippen molar-refractivity contribution in [1.82, 2.24) is 4.98 Å². The fourth-order valence-electron chi connectivity index (χ4n) is 1.44. The highest BCUT2D eigenvalue weighted by atomic mass is 35.5. The Bertz CT molecular complexity index is 619. The van der Waals surface area contributed by atoms with E-state index in [-0.39, 0.29) is 10.6 Å². The molecule has 0 radical (unpaired) electrons. The number of pyridine rings is 1. The van der Waals surface area contributed by atoms with Crippen molar-refractivity contribution in [3.05, 3.63) is 47.1 Å². The minimum atomic E-state index is -1.07. The van der Waals surface area contributed by atoms with E-state index in [0.29, 0.717) is 5.03 Å². The highest BCUT2D eigenvalue weighted by Crippen LogP contribution is 2.34. The molecule has 2 aromatic rings. The molecule has 0 aliphatic carbocycles. The number of carboxylic acid groups (broad SMARTS) is 1. The first kappa shape index (κ1) is 13.7. The first-order valence-corrected chi connectivity index (χ1v) is 6.51. The zero-order chi connectivity index (χ0) is 13.8. The molecule has 0 saturated heterocycles. The van der Waals surface area contributed by atoms with Gasteiger partial charge in [0, 0.05) is 11.1 Å². The van der Waals surface area contributed by atoms with Gasteiger partial charge in [-0.1, -0.05) is 29.4 Å². The molecule has 0 amide bonds. The van der Waals surface area contributed by atoms with Crippen LogP contribution in [0.3, 0.4) is 0 Å². The van der Waals surface area contributed by atoms with E-state index in [1.165, 1.54) is 24.0 Å². The van der Waals surface area contributed by atoms with E-state index in [0.717, 1.165) is 10.6 Å². The zero-order valence-electron chi connectivity index (χ0n) is 9.96. The standard InChI is InChI=1S/C13H10ClNO3S/c1-18-8-3-2-4-9(7-8)19-12-11(14)10(13(16)17)5-6-15-12/h2-7H,1H3,(H,16,17). The Kier molecular flexibility index (Phi) is 4.29. The topological polar surface area (TPSA) is 59.4 Å². The lowest BCUT2D eigenvalue weighted by atomic mass is 10.3. The van der Waals surface area contributed by atoms with Crippen LogP contribution < -0.4 is 4.74 Å². The van der Waals surface area contributed by atoms with Crippen molar-refractivity contribution in [3.63, 3.8) is 0 Å². The molecule has 0 bridgehead atoms. The number of rotatable bonds is 4. The molecule has 2 rings (SSSR count). The summed E-state index contributed by atoms with van der Waals surface area (Å²) < 4.78 is 5.12. The minimum absolute atomic E-state index is 0.0436. The van der Waals surface area contributed by atoms with Crippen LogP contribution in [-0.2, 0) is 0 Å². The molecule has 19 heavy (non-hydrogen) atoms. The Balaban J connectivity index is 2.33. The van der Waals surface area contributed by atoms with E-state index in [4.69, 9.17) is 21.4 Å². The van der Waals surface area contributed by atoms with Crippen molar-refractivity contribution in [1.29, 1.82) is 0 Å². The van der Waals surface area contributed by atoms with Gasteiger partial charge in [0.15, 0.2) is 0 Å². The van der Waals surface area contributed by atoms with E-state index in [1.54, 1.807) is 7.11 Å². The molecule has 0 atom stereocenters. The first-order valence-electron chi connectivity index (χ1n) is 5.31. The van der Waals surface area contributed by atoms with E-state index >= 15 is 0 Å². The normalized spacial score (nSPS) is 10.2. The monoisotopic (exact) mass is 295 g/mol. The Hall–Kier alpha value is -1.72. The van der Waals surface area contributed by atoms with Crippen LogP contribution in [0.4, 0.5) is 0 Å². The van der Waals surface area contributed by atoms with Crippen molar-refractivity contribution in [2.75, 3.05) is 7.11 Å². The van der Waals surface area contributed by atoms with Crippen molar-refractivity contribution in [2.24, 2.45) is 0 Å². The van der Waals surface area contributed by atoms with Gasteiger partial charge in [0.2, 0.25) is 0 Å². The molecule has 1 heterocycles. The third kappa shape index (κ3) is 3.19. The van der Waals surface area contributed by atoms with Gasteiger partial charge < -0.3 is 9.84 Å². The number of hydrogen-bond acceptors (Lipinski definition) is 4. The fraction of sp³-hybridized carbons (Fsp3) is 0.0769. The lowest BCUT2D eigenvalue weighted by Crippen LogP contribution is -1.99. The van der Waals surface area contributed by atoms with Crippen LogP contribution >= 0.6 is 23.4 Å². The summed E-state index contributed by atoms with van der Waals surface area (Å²) in [5.74, 6) is -0.351. The molecule has 1 aromatic heterocycles. The highest BCUT2D eigenvalue weighted by molar-refractivity contribution is 7.99. The number of benzene rings is 1. The van der Waals surface area contributed by atoms with Gasteiger partial charge in [-0.25, -0.2) is 9.78 Å². The number of hydrogen-bond donors (Lipinski definition) is 1. The van der Waals surface area contributed by atoms with Crippen molar-refractivity contribution >= 4 is 29.3 Å². The molecule has 0 saturated carbocycles. The zero-order valence-corrected chi connectivity index (χ0v) is 11.5. The number of nitrogens with zero attached hydrogens (tertiary/aromatic N) is 1. The second-order valence-electron chi connectivity index (χ2n) is 3.56. The molecule has 4 nitrogen and oxygen atoms in total.